The van der Waals surface area contributed by atoms with E-state index in [2.05, 4.69) is 10.2 Å². The highest BCUT2D eigenvalue weighted by atomic mass is 16.5. The van der Waals surface area contributed by atoms with Gasteiger partial charge in [-0.1, -0.05) is 0 Å². The van der Waals surface area contributed by atoms with Gasteiger partial charge in [-0.3, -0.25) is 0 Å². The third-order valence-electron chi connectivity index (χ3n) is 2.14. The van der Waals surface area contributed by atoms with E-state index in [1.807, 2.05) is 38.4 Å². The fraction of sp³-hybridized carbons (Fsp3) is 0.500. The molecule has 0 saturated carbocycles. The molecule has 0 aliphatic rings. The predicted octanol–water partition coefficient (Wildman–Crippen LogP) is 0.998. The van der Waals surface area contributed by atoms with Gasteiger partial charge in [-0.15, -0.1) is 0 Å². The van der Waals surface area contributed by atoms with Crippen molar-refractivity contribution in [1.82, 2.24) is 4.90 Å². The van der Waals surface area contributed by atoms with E-state index in [0.29, 0.717) is 13.2 Å². The summed E-state index contributed by atoms with van der Waals surface area (Å²) in [6.45, 7) is 3.07. The first-order valence-electron chi connectivity index (χ1n) is 5.54. The van der Waals surface area contributed by atoms with Crippen LogP contribution in [0.3, 0.4) is 0 Å². The van der Waals surface area contributed by atoms with Crippen molar-refractivity contribution < 1.29 is 4.74 Å². The van der Waals surface area contributed by atoms with Crippen molar-refractivity contribution in [3.63, 3.8) is 0 Å². The Morgan fingerprint density at radius 2 is 1.94 bits per heavy atom. The summed E-state index contributed by atoms with van der Waals surface area (Å²) in [5, 5.41) is 3.21. The summed E-state index contributed by atoms with van der Waals surface area (Å²) < 4.78 is 5.58. The smallest absolute Gasteiger partial charge is 0.119 e. The number of nitrogens with two attached hydrogens (primary N) is 1. The average molecular weight is 223 g/mol. The van der Waals surface area contributed by atoms with Gasteiger partial charge in [-0.2, -0.15) is 0 Å². The van der Waals surface area contributed by atoms with E-state index in [1.165, 1.54) is 0 Å². The van der Waals surface area contributed by atoms with Gasteiger partial charge in [0.25, 0.3) is 0 Å². The van der Waals surface area contributed by atoms with Crippen LogP contribution in [0.4, 0.5) is 5.69 Å². The second kappa shape index (κ2) is 7.09. The topological polar surface area (TPSA) is 50.5 Å². The van der Waals surface area contributed by atoms with Crippen molar-refractivity contribution in [2.45, 2.75) is 0 Å². The Morgan fingerprint density at radius 3 is 2.50 bits per heavy atom. The highest BCUT2D eigenvalue weighted by Gasteiger charge is 1.95. The van der Waals surface area contributed by atoms with Gasteiger partial charge in [-0.05, 0) is 38.4 Å². The van der Waals surface area contributed by atoms with Gasteiger partial charge in [0.05, 0.1) is 0 Å². The van der Waals surface area contributed by atoms with Crippen LogP contribution in [0.2, 0.25) is 0 Å². The van der Waals surface area contributed by atoms with Gasteiger partial charge in [0, 0.05) is 25.3 Å². The molecule has 0 amide bonds. The first kappa shape index (κ1) is 12.8. The molecule has 0 unspecified atom stereocenters. The second-order valence-electron chi connectivity index (χ2n) is 3.89. The molecule has 0 atom stereocenters. The molecule has 0 aromatic heterocycles. The lowest BCUT2D eigenvalue weighted by atomic mass is 10.3. The number of anilines is 1. The van der Waals surface area contributed by atoms with Crippen LogP contribution in [0.15, 0.2) is 24.3 Å². The average Bonchev–Trinajstić information content (AvgIpc) is 2.27. The molecule has 0 aliphatic carbocycles. The van der Waals surface area contributed by atoms with Crippen molar-refractivity contribution in [2.24, 2.45) is 5.73 Å². The molecule has 90 valence electrons. The normalized spacial score (nSPS) is 10.5. The van der Waals surface area contributed by atoms with Crippen molar-refractivity contribution >= 4 is 5.69 Å². The van der Waals surface area contributed by atoms with E-state index in [-0.39, 0.29) is 0 Å². The van der Waals surface area contributed by atoms with E-state index in [1.54, 1.807) is 0 Å². The number of nitrogens with zero attached hydrogens (tertiary/aromatic N) is 1. The van der Waals surface area contributed by atoms with Crippen molar-refractivity contribution in [2.75, 3.05) is 45.7 Å². The number of likely N-dealkylation sites (N-methyl/N-ethyl adjacent to an activating group) is 1. The van der Waals surface area contributed by atoms with E-state index in [4.69, 9.17) is 10.5 Å². The maximum atomic E-state index is 5.58. The zero-order valence-corrected chi connectivity index (χ0v) is 10.1. The largest absolute Gasteiger partial charge is 0.492 e. The molecule has 4 heteroatoms. The lowest BCUT2D eigenvalue weighted by Gasteiger charge is -2.11. The highest BCUT2D eigenvalue weighted by molar-refractivity contribution is 5.46. The van der Waals surface area contributed by atoms with Crippen LogP contribution in [-0.4, -0.2) is 45.2 Å². The standard InChI is InChI=1S/C12H21N3O/c1-15(2)9-10-16-12-5-3-11(4-6-12)14-8-7-13/h3-6,14H,7-10,13H2,1-2H3. The number of benzene rings is 1. The molecule has 0 bridgehead atoms. The van der Waals surface area contributed by atoms with Crippen molar-refractivity contribution in [3.05, 3.63) is 24.3 Å². The van der Waals surface area contributed by atoms with E-state index in [9.17, 15) is 0 Å². The number of hydrogen-bond acceptors (Lipinski definition) is 4. The van der Waals surface area contributed by atoms with Gasteiger partial charge in [-0.25, -0.2) is 0 Å². The third kappa shape index (κ3) is 5.00. The Hall–Kier alpha value is -1.26. The highest BCUT2D eigenvalue weighted by Crippen LogP contribution is 2.15. The predicted molar refractivity (Wildman–Crippen MR) is 68.0 cm³/mol. The zero-order chi connectivity index (χ0) is 11.8. The fourth-order valence-corrected chi connectivity index (χ4v) is 1.23. The first-order chi connectivity index (χ1) is 7.72. The number of nitrogens with one attached hydrogen (secondary N) is 1. The Bertz CT molecular complexity index is 285. The maximum absolute atomic E-state index is 5.58. The van der Waals surface area contributed by atoms with E-state index in [0.717, 1.165) is 24.5 Å². The van der Waals surface area contributed by atoms with Gasteiger partial charge in [0.2, 0.25) is 0 Å². The van der Waals surface area contributed by atoms with Gasteiger partial charge >= 0.3 is 0 Å². The SMILES string of the molecule is CN(C)CCOc1ccc(NCCN)cc1. The van der Waals surface area contributed by atoms with Crippen LogP contribution in [0, 0.1) is 0 Å². The molecule has 0 radical (unpaired) electrons. The maximum Gasteiger partial charge on any atom is 0.119 e. The van der Waals surface area contributed by atoms with Crippen LogP contribution < -0.4 is 15.8 Å². The van der Waals surface area contributed by atoms with Crippen LogP contribution in [-0.2, 0) is 0 Å². The summed E-state index contributed by atoms with van der Waals surface area (Å²) in [7, 11) is 4.06. The Labute approximate surface area is 97.4 Å². The minimum Gasteiger partial charge on any atom is -0.492 e. The van der Waals surface area contributed by atoms with Crippen LogP contribution >= 0.6 is 0 Å². The molecule has 0 saturated heterocycles. The summed E-state index contributed by atoms with van der Waals surface area (Å²) in [5.41, 5.74) is 6.48. The van der Waals surface area contributed by atoms with E-state index < -0.39 is 0 Å². The zero-order valence-electron chi connectivity index (χ0n) is 10.1. The lowest BCUT2D eigenvalue weighted by Crippen LogP contribution is -2.19. The molecule has 1 rings (SSSR count). The molecular formula is C12H21N3O. The van der Waals surface area contributed by atoms with Crippen LogP contribution in [0.25, 0.3) is 0 Å². The number of ether oxygens (including phenoxy) is 1. The Kier molecular flexibility index (Phi) is 5.67. The molecule has 0 spiro atoms. The van der Waals surface area contributed by atoms with Crippen LogP contribution in [0.1, 0.15) is 0 Å². The minimum absolute atomic E-state index is 0.640. The van der Waals surface area contributed by atoms with Gasteiger partial charge in [0.1, 0.15) is 12.4 Å². The molecule has 16 heavy (non-hydrogen) atoms. The van der Waals surface area contributed by atoms with Gasteiger partial charge in [0.15, 0.2) is 0 Å². The summed E-state index contributed by atoms with van der Waals surface area (Å²) >= 11 is 0. The molecule has 0 aliphatic heterocycles. The summed E-state index contributed by atoms with van der Waals surface area (Å²) in [4.78, 5) is 2.09. The Morgan fingerprint density at radius 1 is 1.25 bits per heavy atom. The summed E-state index contributed by atoms with van der Waals surface area (Å²) in [5.74, 6) is 0.903. The fourth-order valence-electron chi connectivity index (χ4n) is 1.23. The minimum atomic E-state index is 0.640. The summed E-state index contributed by atoms with van der Waals surface area (Å²) in [6.07, 6.45) is 0. The molecule has 3 N–H and O–H groups in total. The quantitative estimate of drug-likeness (QED) is 0.724. The molecule has 4 nitrogen and oxygen atoms in total. The van der Waals surface area contributed by atoms with E-state index >= 15 is 0 Å². The monoisotopic (exact) mass is 223 g/mol. The number of rotatable bonds is 7. The molecule has 0 heterocycles. The lowest BCUT2D eigenvalue weighted by molar-refractivity contribution is 0.261. The molecule has 0 fully saturated rings. The first-order valence-corrected chi connectivity index (χ1v) is 5.54. The molecule has 1 aromatic carbocycles. The number of hydrogen-bond donors (Lipinski definition) is 2. The molecular weight excluding hydrogens is 202 g/mol. The molecule has 1 aromatic rings. The van der Waals surface area contributed by atoms with Crippen molar-refractivity contribution in [3.8, 4) is 5.75 Å². The Balaban J connectivity index is 2.33. The third-order valence-corrected chi connectivity index (χ3v) is 2.14. The second-order valence-corrected chi connectivity index (χ2v) is 3.89. The van der Waals surface area contributed by atoms with Gasteiger partial charge < -0.3 is 20.7 Å². The van der Waals surface area contributed by atoms with Crippen LogP contribution in [0.5, 0.6) is 5.75 Å². The van der Waals surface area contributed by atoms with Crippen molar-refractivity contribution in [1.29, 1.82) is 0 Å². The summed E-state index contributed by atoms with van der Waals surface area (Å²) in [6, 6.07) is 7.93.